The van der Waals surface area contributed by atoms with Crippen LogP contribution in [0.2, 0.25) is 0 Å². The molecular weight excluding hydrogens is 544 g/mol. The van der Waals surface area contributed by atoms with Crippen molar-refractivity contribution in [3.05, 3.63) is 66.0 Å². The number of benzene rings is 2. The zero-order valence-corrected chi connectivity index (χ0v) is 23.1. The van der Waals surface area contributed by atoms with Gasteiger partial charge in [0.1, 0.15) is 5.75 Å². The van der Waals surface area contributed by atoms with E-state index < -0.39 is 21.0 Å². The van der Waals surface area contributed by atoms with Crippen molar-refractivity contribution in [2.24, 2.45) is 0 Å². The van der Waals surface area contributed by atoms with E-state index in [2.05, 4.69) is 25.6 Å². The van der Waals surface area contributed by atoms with Gasteiger partial charge in [-0.3, -0.25) is 4.57 Å². The average Bonchev–Trinajstić information content (AvgIpc) is 3.26. The summed E-state index contributed by atoms with van der Waals surface area (Å²) in [5.41, 5.74) is 2.65. The summed E-state index contributed by atoms with van der Waals surface area (Å²) in [6.45, 7) is 1.93. The molecule has 206 valence electrons. The zero-order valence-electron chi connectivity index (χ0n) is 21.3. The summed E-state index contributed by atoms with van der Waals surface area (Å²) in [6.07, 6.45) is 2.31. The molecule has 0 amide bonds. The Bertz CT molecular complexity index is 1510. The van der Waals surface area contributed by atoms with Crippen LogP contribution in [0.3, 0.4) is 0 Å². The molecule has 4 aromatic rings. The van der Waals surface area contributed by atoms with Crippen LogP contribution in [-0.4, -0.2) is 71.4 Å². The first kappa shape index (κ1) is 28.6. The first-order valence-corrected chi connectivity index (χ1v) is 14.9. The highest BCUT2D eigenvalue weighted by Gasteiger charge is 2.46. The van der Waals surface area contributed by atoms with Crippen molar-refractivity contribution in [1.29, 1.82) is 0 Å². The van der Waals surface area contributed by atoms with Crippen LogP contribution in [0.15, 0.2) is 54.9 Å². The molecule has 0 spiro atoms. The van der Waals surface area contributed by atoms with E-state index in [1.807, 2.05) is 29.6 Å². The first-order valence-electron chi connectivity index (χ1n) is 12.0. The molecule has 2 atom stereocenters. The molecular formula is C24H30N7O6P2+. The Kier molecular flexibility index (Phi) is 8.91. The molecule has 0 aliphatic rings. The summed E-state index contributed by atoms with van der Waals surface area (Å²) in [7, 11) is -4.05. The molecule has 0 aliphatic heterocycles. The summed E-state index contributed by atoms with van der Waals surface area (Å²) in [4.78, 5) is 44.2. The molecule has 2 unspecified atom stereocenters. The van der Waals surface area contributed by atoms with Crippen LogP contribution in [0.5, 0.6) is 5.75 Å². The summed E-state index contributed by atoms with van der Waals surface area (Å²) < 4.78 is 25.2. The number of aryl methyl sites for hydroxylation is 2. The van der Waals surface area contributed by atoms with E-state index in [-0.39, 0.29) is 11.3 Å². The largest absolute Gasteiger partial charge is 0.526 e. The number of anilines is 3. The van der Waals surface area contributed by atoms with Crippen molar-refractivity contribution < 1.29 is 28.9 Å². The highest BCUT2D eigenvalue weighted by atomic mass is 31.2. The third kappa shape index (κ3) is 7.36. The van der Waals surface area contributed by atoms with E-state index in [0.29, 0.717) is 48.1 Å². The maximum atomic E-state index is 11.7. The van der Waals surface area contributed by atoms with Gasteiger partial charge in [-0.15, -0.1) is 0 Å². The minimum Gasteiger partial charge on any atom is -0.508 e. The summed E-state index contributed by atoms with van der Waals surface area (Å²) in [6, 6.07) is 12.9. The lowest BCUT2D eigenvalue weighted by molar-refractivity contribution is 0.366. The second-order valence-corrected chi connectivity index (χ2v) is 12.4. The van der Waals surface area contributed by atoms with Crippen LogP contribution in [0, 0.1) is 0 Å². The minimum atomic E-state index is -4.83. The molecule has 0 saturated heterocycles. The summed E-state index contributed by atoms with van der Waals surface area (Å²) in [5.74, 6) is 1.01. The van der Waals surface area contributed by atoms with E-state index in [9.17, 15) is 28.9 Å². The number of aromatic hydroxyl groups is 1. The molecule has 0 aliphatic carbocycles. The SMILES string of the molecule is CN(C)CCNc1nc(Nc2ccc(C([P+](=O)O)P(=O)(O)O)cc2)c2ncn(CCc3cccc(O)c3)c2n1. The number of phenols is 1. The van der Waals surface area contributed by atoms with Crippen molar-refractivity contribution in [3.63, 3.8) is 0 Å². The van der Waals surface area contributed by atoms with Gasteiger partial charge in [0, 0.05) is 30.9 Å². The van der Waals surface area contributed by atoms with Crippen molar-refractivity contribution in [1.82, 2.24) is 24.4 Å². The van der Waals surface area contributed by atoms with Gasteiger partial charge in [-0.1, -0.05) is 24.3 Å². The maximum absolute atomic E-state index is 11.7. The lowest BCUT2D eigenvalue weighted by atomic mass is 10.1. The second kappa shape index (κ2) is 12.2. The van der Waals surface area contributed by atoms with Gasteiger partial charge in [-0.2, -0.15) is 14.9 Å². The lowest BCUT2D eigenvalue weighted by Gasteiger charge is -2.13. The smallest absolute Gasteiger partial charge is 0.508 e. The fourth-order valence-electron chi connectivity index (χ4n) is 3.95. The zero-order chi connectivity index (χ0) is 28.2. The molecule has 0 fully saturated rings. The van der Waals surface area contributed by atoms with Gasteiger partial charge >= 0.3 is 21.0 Å². The van der Waals surface area contributed by atoms with Crippen LogP contribution in [0.4, 0.5) is 17.5 Å². The fourth-order valence-corrected chi connectivity index (χ4v) is 5.97. The number of nitrogens with one attached hydrogen (secondary N) is 2. The number of phenolic OH excluding ortho intramolecular Hbond substituents is 1. The molecule has 0 saturated carbocycles. The third-order valence-electron chi connectivity index (χ3n) is 5.86. The third-order valence-corrected chi connectivity index (χ3v) is 9.00. The molecule has 0 bridgehead atoms. The van der Waals surface area contributed by atoms with Crippen LogP contribution >= 0.6 is 15.6 Å². The van der Waals surface area contributed by atoms with Crippen LogP contribution in [0.25, 0.3) is 11.2 Å². The molecule has 6 N–H and O–H groups in total. The molecule has 13 nitrogen and oxygen atoms in total. The Morgan fingerprint density at radius 2 is 1.87 bits per heavy atom. The maximum Gasteiger partial charge on any atom is 0.526 e. The van der Waals surface area contributed by atoms with E-state index in [0.717, 1.165) is 12.1 Å². The van der Waals surface area contributed by atoms with E-state index in [1.54, 1.807) is 36.7 Å². The van der Waals surface area contributed by atoms with E-state index in [4.69, 9.17) is 0 Å². The van der Waals surface area contributed by atoms with Crippen molar-refractivity contribution in [3.8, 4) is 5.75 Å². The number of hydrogen-bond acceptors (Lipinski definition) is 9. The Morgan fingerprint density at radius 3 is 2.51 bits per heavy atom. The fraction of sp³-hybridized carbons (Fsp3) is 0.292. The van der Waals surface area contributed by atoms with Crippen LogP contribution < -0.4 is 10.6 Å². The number of imidazole rings is 1. The molecule has 15 heteroatoms. The number of rotatable bonds is 12. The minimum absolute atomic E-state index is 0.0487. The van der Waals surface area contributed by atoms with Gasteiger partial charge in [0.25, 0.3) is 0 Å². The summed E-state index contributed by atoms with van der Waals surface area (Å²) in [5, 5.41) is 14.4. The number of hydrogen-bond donors (Lipinski definition) is 6. The van der Waals surface area contributed by atoms with E-state index in [1.165, 1.54) is 12.1 Å². The highest BCUT2D eigenvalue weighted by molar-refractivity contribution is 7.64. The van der Waals surface area contributed by atoms with E-state index >= 15 is 0 Å². The molecule has 4 rings (SSSR count). The molecule has 39 heavy (non-hydrogen) atoms. The van der Waals surface area contributed by atoms with Gasteiger partial charge in [0.2, 0.25) is 5.95 Å². The van der Waals surface area contributed by atoms with Crippen molar-refractivity contribution >= 4 is 44.2 Å². The van der Waals surface area contributed by atoms with Crippen molar-refractivity contribution in [2.45, 2.75) is 18.4 Å². The Hall–Kier alpha value is -3.44. The van der Waals surface area contributed by atoms with Gasteiger partial charge in [-0.05, 0) is 54.9 Å². The highest BCUT2D eigenvalue weighted by Crippen LogP contribution is 2.62. The predicted octanol–water partition coefficient (Wildman–Crippen LogP) is 3.40. The Balaban J connectivity index is 1.63. The standard InChI is InChI=1S/C24H29N7O6P2/c1-30(2)13-11-25-24-28-21(27-18-8-6-17(7-9-18)23(38(33)34)39(35,36)37)20-22(29-24)31(15-26-20)12-10-16-4-3-5-19(32)14-16/h3-9,14-15,23H,10-13H2,1-2H3,(H5-,25,27,28,29,32,33,34,35,36,37)/p+1. The monoisotopic (exact) mass is 574 g/mol. The summed E-state index contributed by atoms with van der Waals surface area (Å²) >= 11 is 0. The van der Waals surface area contributed by atoms with Crippen molar-refractivity contribution in [2.75, 3.05) is 37.8 Å². The van der Waals surface area contributed by atoms with Gasteiger partial charge in [0.05, 0.1) is 6.33 Å². The molecule has 2 aromatic carbocycles. The van der Waals surface area contributed by atoms with Gasteiger partial charge in [0.15, 0.2) is 17.0 Å². The topological polar surface area (TPSA) is 186 Å². The molecule has 0 radical (unpaired) electrons. The predicted molar refractivity (Wildman–Crippen MR) is 149 cm³/mol. The van der Waals surface area contributed by atoms with Gasteiger partial charge < -0.3 is 35.0 Å². The quantitative estimate of drug-likeness (QED) is 0.136. The molecule has 2 heterocycles. The average molecular weight is 574 g/mol. The first-order chi connectivity index (χ1) is 18.5. The van der Waals surface area contributed by atoms with Crippen LogP contribution in [-0.2, 0) is 22.1 Å². The number of fused-ring (bicyclic) bond motifs is 1. The molecule has 2 aromatic heterocycles. The normalized spacial score (nSPS) is 13.0. The van der Waals surface area contributed by atoms with Crippen LogP contribution in [0.1, 0.15) is 16.5 Å². The lowest BCUT2D eigenvalue weighted by Crippen LogP contribution is -2.21. The number of aromatic nitrogens is 4. The van der Waals surface area contributed by atoms with Gasteiger partial charge in [-0.25, -0.2) is 4.98 Å². The number of likely N-dealkylation sites (N-methyl/N-ethyl adjacent to an activating group) is 1. The second-order valence-electron chi connectivity index (χ2n) is 9.17. The Morgan fingerprint density at radius 1 is 1.13 bits per heavy atom. The Labute approximate surface area is 225 Å². The number of nitrogens with zero attached hydrogens (tertiary/aromatic N) is 5.